The van der Waals surface area contributed by atoms with E-state index in [1.165, 1.54) is 5.38 Å². The number of amides is 2. The third-order valence-corrected chi connectivity index (χ3v) is 2.98. The van der Waals surface area contributed by atoms with Crippen LogP contribution in [0, 0.1) is 0 Å². The van der Waals surface area contributed by atoms with E-state index in [9.17, 15) is 19.2 Å². The molecule has 2 amide bonds. The summed E-state index contributed by atoms with van der Waals surface area (Å²) in [6.45, 7) is 0.0375. The Balaban J connectivity index is 2.43. The first kappa shape index (κ1) is 15.7. The van der Waals surface area contributed by atoms with E-state index in [0.717, 1.165) is 11.3 Å². The average Bonchev–Trinajstić information content (AvgIpc) is 2.77. The fourth-order valence-electron chi connectivity index (χ4n) is 1.31. The minimum atomic E-state index is -1.31. The normalized spacial score (nSPS) is 11.6. The summed E-state index contributed by atoms with van der Waals surface area (Å²) in [5.41, 5.74) is 0.493. The van der Waals surface area contributed by atoms with Crippen molar-refractivity contribution in [1.29, 1.82) is 0 Å². The van der Waals surface area contributed by atoms with Gasteiger partial charge in [0.25, 0.3) is 0 Å². The molecule has 0 spiro atoms. The largest absolute Gasteiger partial charge is 0.481 e. The number of rotatable bonds is 7. The molecule has 0 fully saturated rings. The molecule has 0 unspecified atom stereocenters. The van der Waals surface area contributed by atoms with Gasteiger partial charge in [-0.05, 0) is 6.42 Å². The van der Waals surface area contributed by atoms with Gasteiger partial charge >= 0.3 is 22.8 Å². The number of hydrogen-bond acceptors (Lipinski definition) is 5. The van der Waals surface area contributed by atoms with Gasteiger partial charge in [0.1, 0.15) is 6.04 Å². The second-order valence-corrected chi connectivity index (χ2v) is 4.67. The molecule has 0 saturated heterocycles. The molecular weight excluding hydrogens is 290 g/mol. The van der Waals surface area contributed by atoms with Gasteiger partial charge in [-0.15, -0.1) is 0 Å². The molecule has 1 atom stereocenters. The maximum atomic E-state index is 11.5. The number of H-pyrrole nitrogens is 1. The predicted molar refractivity (Wildman–Crippen MR) is 68.6 cm³/mol. The predicted octanol–water partition coefficient (Wildman–Crippen LogP) is -0.446. The van der Waals surface area contributed by atoms with Crippen LogP contribution in [-0.2, 0) is 16.1 Å². The summed E-state index contributed by atoms with van der Waals surface area (Å²) < 4.78 is 0. The average molecular weight is 303 g/mol. The molecule has 10 heteroatoms. The SMILES string of the molecule is O=C(O)CC[C@H](NC(=O)NCc1csc(=O)[nH]1)C(=O)O. The van der Waals surface area contributed by atoms with E-state index in [4.69, 9.17) is 10.2 Å². The fourth-order valence-corrected chi connectivity index (χ4v) is 1.89. The Hall–Kier alpha value is -2.36. The van der Waals surface area contributed by atoms with Gasteiger partial charge in [0.15, 0.2) is 0 Å². The molecule has 1 aromatic heterocycles. The molecule has 0 aromatic carbocycles. The van der Waals surface area contributed by atoms with Crippen molar-refractivity contribution in [3.8, 4) is 0 Å². The van der Waals surface area contributed by atoms with Gasteiger partial charge in [0, 0.05) is 17.5 Å². The molecule has 110 valence electrons. The topological polar surface area (TPSA) is 149 Å². The van der Waals surface area contributed by atoms with E-state index in [2.05, 4.69) is 15.6 Å². The van der Waals surface area contributed by atoms with Crippen LogP contribution in [0.4, 0.5) is 4.79 Å². The van der Waals surface area contributed by atoms with E-state index in [0.29, 0.717) is 5.69 Å². The molecule has 0 aliphatic carbocycles. The highest BCUT2D eigenvalue weighted by atomic mass is 32.1. The van der Waals surface area contributed by atoms with Crippen molar-refractivity contribution in [2.45, 2.75) is 25.4 Å². The lowest BCUT2D eigenvalue weighted by Crippen LogP contribution is -2.46. The number of urea groups is 1. The lowest BCUT2D eigenvalue weighted by atomic mass is 10.1. The van der Waals surface area contributed by atoms with Crippen LogP contribution in [0.1, 0.15) is 18.5 Å². The minimum absolute atomic E-state index is 0.0375. The molecule has 0 bridgehead atoms. The summed E-state index contributed by atoms with van der Waals surface area (Å²) >= 11 is 0.944. The number of carboxylic acids is 2. The standard InChI is InChI=1S/C10H13N3O6S/c14-7(15)2-1-6(8(16)17)13-9(18)11-3-5-4-20-10(19)12-5/h4,6H,1-3H2,(H,12,19)(H,14,15)(H,16,17)(H2,11,13,18)/t6-/m0/s1. The zero-order chi connectivity index (χ0) is 15.1. The van der Waals surface area contributed by atoms with Gasteiger partial charge < -0.3 is 25.8 Å². The molecular formula is C10H13N3O6S. The minimum Gasteiger partial charge on any atom is -0.481 e. The number of hydrogen-bond donors (Lipinski definition) is 5. The highest BCUT2D eigenvalue weighted by Gasteiger charge is 2.20. The number of aromatic amines is 1. The van der Waals surface area contributed by atoms with E-state index >= 15 is 0 Å². The third-order valence-electron chi connectivity index (χ3n) is 2.26. The third kappa shape index (κ3) is 5.52. The van der Waals surface area contributed by atoms with Gasteiger partial charge in [-0.3, -0.25) is 9.59 Å². The van der Waals surface area contributed by atoms with Crippen LogP contribution >= 0.6 is 11.3 Å². The fraction of sp³-hybridized carbons (Fsp3) is 0.400. The van der Waals surface area contributed by atoms with Crippen LogP contribution in [0.15, 0.2) is 10.2 Å². The van der Waals surface area contributed by atoms with Crippen LogP contribution in [0.2, 0.25) is 0 Å². The van der Waals surface area contributed by atoms with Crippen LogP contribution in [-0.4, -0.2) is 39.2 Å². The number of aromatic nitrogens is 1. The Bertz CT molecular complexity index is 551. The molecule has 5 N–H and O–H groups in total. The summed E-state index contributed by atoms with van der Waals surface area (Å²) in [5.74, 6) is -2.46. The molecule has 0 radical (unpaired) electrons. The molecule has 20 heavy (non-hydrogen) atoms. The number of carboxylic acid groups (broad SMARTS) is 2. The van der Waals surface area contributed by atoms with E-state index < -0.39 is 24.0 Å². The summed E-state index contributed by atoms with van der Waals surface area (Å²) in [4.78, 5) is 45.7. The van der Waals surface area contributed by atoms with Crippen LogP contribution in [0.3, 0.4) is 0 Å². The molecule has 0 saturated carbocycles. The maximum absolute atomic E-state index is 11.5. The van der Waals surface area contributed by atoms with Gasteiger partial charge in [0.2, 0.25) is 0 Å². The Morgan fingerprint density at radius 2 is 2.05 bits per heavy atom. The van der Waals surface area contributed by atoms with Gasteiger partial charge in [-0.1, -0.05) is 11.3 Å². The first-order valence-corrected chi connectivity index (χ1v) is 6.42. The monoisotopic (exact) mass is 303 g/mol. The smallest absolute Gasteiger partial charge is 0.326 e. The lowest BCUT2D eigenvalue weighted by molar-refractivity contribution is -0.140. The zero-order valence-corrected chi connectivity index (χ0v) is 11.0. The first-order valence-electron chi connectivity index (χ1n) is 5.54. The number of carbonyl (C=O) groups excluding carboxylic acids is 1. The highest BCUT2D eigenvalue weighted by molar-refractivity contribution is 7.07. The molecule has 0 aliphatic heterocycles. The van der Waals surface area contributed by atoms with Crippen molar-refractivity contribution in [3.05, 3.63) is 20.7 Å². The van der Waals surface area contributed by atoms with E-state index in [1.54, 1.807) is 0 Å². The van der Waals surface area contributed by atoms with Crippen molar-refractivity contribution >= 4 is 29.3 Å². The second kappa shape index (κ2) is 7.28. The van der Waals surface area contributed by atoms with Crippen molar-refractivity contribution in [2.75, 3.05) is 0 Å². The number of aliphatic carboxylic acids is 2. The summed E-state index contributed by atoms with van der Waals surface area (Å²) in [5, 5.41) is 23.4. The lowest BCUT2D eigenvalue weighted by Gasteiger charge is -2.13. The Morgan fingerprint density at radius 1 is 1.35 bits per heavy atom. The molecule has 0 aliphatic rings. The van der Waals surface area contributed by atoms with Crippen LogP contribution < -0.4 is 15.5 Å². The van der Waals surface area contributed by atoms with Crippen molar-refractivity contribution in [1.82, 2.24) is 15.6 Å². The number of carbonyl (C=O) groups is 3. The zero-order valence-electron chi connectivity index (χ0n) is 10.2. The second-order valence-electron chi connectivity index (χ2n) is 3.82. The van der Waals surface area contributed by atoms with Crippen molar-refractivity contribution in [2.24, 2.45) is 0 Å². The molecule has 1 rings (SSSR count). The van der Waals surface area contributed by atoms with Crippen LogP contribution in [0.5, 0.6) is 0 Å². The van der Waals surface area contributed by atoms with E-state index in [1.807, 2.05) is 0 Å². The molecule has 9 nitrogen and oxygen atoms in total. The molecule has 1 heterocycles. The maximum Gasteiger partial charge on any atom is 0.326 e. The van der Waals surface area contributed by atoms with Gasteiger partial charge in [-0.2, -0.15) is 0 Å². The number of nitrogens with one attached hydrogen (secondary N) is 3. The number of thiazole rings is 1. The van der Waals surface area contributed by atoms with Crippen LogP contribution in [0.25, 0.3) is 0 Å². The molecule has 1 aromatic rings. The Labute approximate surface area is 116 Å². The summed E-state index contributed by atoms with van der Waals surface area (Å²) in [6, 6.07) is -2.04. The highest BCUT2D eigenvalue weighted by Crippen LogP contribution is 1.99. The van der Waals surface area contributed by atoms with E-state index in [-0.39, 0.29) is 24.3 Å². The quantitative estimate of drug-likeness (QED) is 0.461. The Kier molecular flexibility index (Phi) is 5.72. The van der Waals surface area contributed by atoms with Crippen molar-refractivity contribution < 1.29 is 24.6 Å². The summed E-state index contributed by atoms with van der Waals surface area (Å²) in [6.07, 6.45) is -0.581. The summed E-state index contributed by atoms with van der Waals surface area (Å²) in [7, 11) is 0. The van der Waals surface area contributed by atoms with Gasteiger partial charge in [0.05, 0.1) is 6.54 Å². The van der Waals surface area contributed by atoms with Crippen molar-refractivity contribution in [3.63, 3.8) is 0 Å². The van der Waals surface area contributed by atoms with Gasteiger partial charge in [-0.25, -0.2) is 9.59 Å². The Morgan fingerprint density at radius 3 is 2.55 bits per heavy atom. The first-order chi connectivity index (χ1) is 9.38.